The molecular formula is H3O3PTm. The van der Waals surface area contributed by atoms with E-state index in [1.54, 1.807) is 0 Å². The van der Waals surface area contributed by atoms with E-state index in [2.05, 4.69) is 0 Å². The fourth-order valence-corrected chi connectivity index (χ4v) is 0. The molecule has 0 aliphatic heterocycles. The molecule has 0 spiro atoms. The Hall–Kier alpha value is 1.54. The quantitative estimate of drug-likeness (QED) is 0.493. The Morgan fingerprint density at radius 2 is 1.00 bits per heavy atom. The molecule has 0 heterocycles. The summed E-state index contributed by atoms with van der Waals surface area (Å²) < 4.78 is 0. The summed E-state index contributed by atoms with van der Waals surface area (Å²) in [7, 11) is -2.62. The minimum Gasteiger partial charge on any atom is -0.328 e. The topological polar surface area (TPSA) is 60.7 Å². The molecule has 0 bridgehead atoms. The first kappa shape index (κ1) is 9.74. The van der Waals surface area contributed by atoms with E-state index in [1.807, 2.05) is 0 Å². The van der Waals surface area contributed by atoms with Gasteiger partial charge in [-0.05, 0) is 0 Å². The van der Waals surface area contributed by atoms with Crippen LogP contribution in [-0.4, -0.2) is 14.7 Å². The Morgan fingerprint density at radius 1 is 1.00 bits per heavy atom. The molecule has 5 heteroatoms. The molecule has 0 aromatic carbocycles. The van der Waals surface area contributed by atoms with Crippen molar-refractivity contribution in [1.82, 2.24) is 0 Å². The maximum absolute atomic E-state index is 7.23. The van der Waals surface area contributed by atoms with E-state index < -0.39 is 8.60 Å². The van der Waals surface area contributed by atoms with E-state index in [1.165, 1.54) is 0 Å². The maximum atomic E-state index is 7.23. The zero-order valence-corrected chi connectivity index (χ0v) is 4.74. The maximum Gasteiger partial charge on any atom is 0.324 e. The molecule has 3 N–H and O–H groups in total. The fourth-order valence-electron chi connectivity index (χ4n) is 0. The predicted molar refractivity (Wildman–Crippen MR) is 13.6 cm³/mol. The average Bonchev–Trinajstić information content (AvgIpc) is 0.811. The summed E-state index contributed by atoms with van der Waals surface area (Å²) in [5, 5.41) is 0. The third-order valence-electron chi connectivity index (χ3n) is 0. The van der Waals surface area contributed by atoms with Crippen molar-refractivity contribution < 1.29 is 51.6 Å². The predicted octanol–water partition coefficient (Wildman–Crippen LogP) is -0.810. The second-order valence-electron chi connectivity index (χ2n) is 0.268. The van der Waals surface area contributed by atoms with E-state index in [-0.39, 0.29) is 36.9 Å². The van der Waals surface area contributed by atoms with Crippen molar-refractivity contribution in [2.75, 3.05) is 0 Å². The number of hydrogen-bond acceptors (Lipinski definition) is 3. The summed E-state index contributed by atoms with van der Waals surface area (Å²) in [5.41, 5.74) is 0. The zero-order chi connectivity index (χ0) is 3.58. The van der Waals surface area contributed by atoms with Crippen LogP contribution in [0.1, 0.15) is 0 Å². The van der Waals surface area contributed by atoms with E-state index in [0.29, 0.717) is 0 Å². The van der Waals surface area contributed by atoms with Crippen LogP contribution in [0.5, 0.6) is 0 Å². The van der Waals surface area contributed by atoms with Crippen molar-refractivity contribution in [1.29, 1.82) is 0 Å². The average molecular weight is 251 g/mol. The smallest absolute Gasteiger partial charge is 0.324 e. The molecule has 5 heavy (non-hydrogen) atoms. The molecule has 0 amide bonds. The summed E-state index contributed by atoms with van der Waals surface area (Å²) in [6.45, 7) is 0. The Balaban J connectivity index is 0. The van der Waals surface area contributed by atoms with Gasteiger partial charge in [0.15, 0.2) is 0 Å². The Bertz CT molecular complexity index is 11.6. The van der Waals surface area contributed by atoms with Gasteiger partial charge in [0.25, 0.3) is 0 Å². The first-order valence-corrected chi connectivity index (χ1v) is 1.80. The van der Waals surface area contributed by atoms with Gasteiger partial charge < -0.3 is 14.7 Å². The third kappa shape index (κ3) is 29.2. The zero-order valence-electron chi connectivity index (χ0n) is 2.07. The summed E-state index contributed by atoms with van der Waals surface area (Å²) in [4.78, 5) is 21.7. The summed E-state index contributed by atoms with van der Waals surface area (Å²) in [6.07, 6.45) is 0. The Kier molecular flexibility index (Phi) is 10.8. The SMILES string of the molecule is OP(O)O.[Tm]. The van der Waals surface area contributed by atoms with E-state index in [4.69, 9.17) is 14.7 Å². The van der Waals surface area contributed by atoms with Crippen molar-refractivity contribution in [2.24, 2.45) is 0 Å². The van der Waals surface area contributed by atoms with Crippen LogP contribution in [0.4, 0.5) is 0 Å². The molecule has 0 rings (SSSR count). The van der Waals surface area contributed by atoms with Crippen LogP contribution in [0.25, 0.3) is 0 Å². The van der Waals surface area contributed by atoms with Crippen LogP contribution in [0, 0.1) is 36.9 Å². The van der Waals surface area contributed by atoms with Crippen LogP contribution in [0.2, 0.25) is 0 Å². The molecule has 0 aromatic rings. The van der Waals surface area contributed by atoms with Gasteiger partial charge in [-0.15, -0.1) is 0 Å². The van der Waals surface area contributed by atoms with Crippen LogP contribution in [0.15, 0.2) is 0 Å². The van der Waals surface area contributed by atoms with Gasteiger partial charge in [0.1, 0.15) is 0 Å². The molecule has 0 atom stereocenters. The molecule has 1 radical (unpaired) electrons. The minimum absolute atomic E-state index is 0. The van der Waals surface area contributed by atoms with Gasteiger partial charge in [-0.1, -0.05) is 0 Å². The second-order valence-corrected chi connectivity index (χ2v) is 0.805. The molecule has 0 aliphatic rings. The van der Waals surface area contributed by atoms with Crippen molar-refractivity contribution in [2.45, 2.75) is 0 Å². The summed E-state index contributed by atoms with van der Waals surface area (Å²) >= 11 is 0. The van der Waals surface area contributed by atoms with E-state index >= 15 is 0 Å². The van der Waals surface area contributed by atoms with E-state index in [9.17, 15) is 0 Å². The van der Waals surface area contributed by atoms with Gasteiger partial charge in [-0.25, -0.2) is 0 Å². The molecule has 3 nitrogen and oxygen atoms in total. The largest absolute Gasteiger partial charge is 0.328 e. The van der Waals surface area contributed by atoms with Crippen molar-refractivity contribution in [3.8, 4) is 0 Å². The first-order valence-electron chi connectivity index (χ1n) is 0.600. The van der Waals surface area contributed by atoms with Gasteiger partial charge in [0.05, 0.1) is 0 Å². The molecule has 39 valence electrons. The molecule has 0 aliphatic carbocycles. The van der Waals surface area contributed by atoms with Crippen molar-refractivity contribution in [3.63, 3.8) is 0 Å². The Morgan fingerprint density at radius 3 is 1.00 bits per heavy atom. The first-order chi connectivity index (χ1) is 1.73. The minimum atomic E-state index is -2.62. The Labute approximate surface area is 59.8 Å². The summed E-state index contributed by atoms with van der Waals surface area (Å²) in [6, 6.07) is 0. The normalized spacial score (nSPS) is 7.20. The molecular weight excluding hydrogens is 248 g/mol. The summed E-state index contributed by atoms with van der Waals surface area (Å²) in [5.74, 6) is 0. The second kappa shape index (κ2) is 5.54. The van der Waals surface area contributed by atoms with Gasteiger partial charge in [0.2, 0.25) is 0 Å². The molecule has 0 saturated carbocycles. The van der Waals surface area contributed by atoms with Gasteiger partial charge in [-0.2, -0.15) is 0 Å². The van der Waals surface area contributed by atoms with Crippen LogP contribution in [0.3, 0.4) is 0 Å². The number of rotatable bonds is 0. The van der Waals surface area contributed by atoms with E-state index in [0.717, 1.165) is 0 Å². The molecule has 0 unspecified atom stereocenters. The molecule has 0 saturated heterocycles. The monoisotopic (exact) mass is 251 g/mol. The van der Waals surface area contributed by atoms with Crippen LogP contribution < -0.4 is 0 Å². The van der Waals surface area contributed by atoms with Crippen molar-refractivity contribution in [3.05, 3.63) is 0 Å². The number of hydrogen-bond donors (Lipinski definition) is 3. The van der Waals surface area contributed by atoms with Crippen LogP contribution >= 0.6 is 8.60 Å². The molecule has 0 fully saturated rings. The van der Waals surface area contributed by atoms with Crippen molar-refractivity contribution >= 4 is 8.60 Å². The third-order valence-corrected chi connectivity index (χ3v) is 0. The fraction of sp³-hybridized carbons (Fsp3) is 0. The van der Waals surface area contributed by atoms with Crippen LogP contribution in [-0.2, 0) is 0 Å². The standard InChI is InChI=1S/H3O3P.Tm/c1-4(2)3;/h1-3H;. The molecule has 0 aromatic heterocycles. The van der Waals surface area contributed by atoms with Gasteiger partial charge in [0, 0.05) is 36.9 Å². The van der Waals surface area contributed by atoms with Gasteiger partial charge in [-0.3, -0.25) is 0 Å². The van der Waals surface area contributed by atoms with Gasteiger partial charge >= 0.3 is 8.60 Å².